The lowest BCUT2D eigenvalue weighted by Gasteiger charge is -2.12. The van der Waals surface area contributed by atoms with Crippen molar-refractivity contribution in [1.29, 1.82) is 0 Å². The van der Waals surface area contributed by atoms with Gasteiger partial charge in [-0.3, -0.25) is 15.6 Å². The molecule has 0 spiro atoms. The van der Waals surface area contributed by atoms with Crippen molar-refractivity contribution < 1.29 is 14.3 Å². The van der Waals surface area contributed by atoms with Gasteiger partial charge >= 0.3 is 0 Å². The molecule has 7 heteroatoms. The molecule has 0 aromatic heterocycles. The summed E-state index contributed by atoms with van der Waals surface area (Å²) in [5.74, 6) is 0.961. The van der Waals surface area contributed by atoms with Crippen LogP contribution < -0.4 is 25.6 Å². The summed E-state index contributed by atoms with van der Waals surface area (Å²) in [4.78, 5) is 11.8. The van der Waals surface area contributed by atoms with Gasteiger partial charge in [0.05, 0.1) is 7.11 Å². The highest BCUT2D eigenvalue weighted by Gasteiger charge is 2.04. The van der Waals surface area contributed by atoms with Crippen LogP contribution in [0, 0.1) is 0 Å². The number of thiocarbonyl (C=S) groups is 1. The quantitative estimate of drug-likeness (QED) is 0.476. The van der Waals surface area contributed by atoms with Gasteiger partial charge in [-0.25, -0.2) is 0 Å². The predicted octanol–water partition coefficient (Wildman–Crippen LogP) is 3.43. The summed E-state index contributed by atoms with van der Waals surface area (Å²) in [5, 5.41) is 3.32. The number of anilines is 1. The standard InChI is InChI=1S/C20H25N3O3S/c1-3-4-5-15-6-8-16(9-7-15)21-20(27)23-22-19(24)14-26-18-12-10-17(25-2)11-13-18/h6-13H,3-5,14H2,1-2H3,(H,22,24)(H2,21,23,27). The van der Waals surface area contributed by atoms with Crippen LogP contribution in [0.15, 0.2) is 48.5 Å². The maximum atomic E-state index is 11.8. The number of rotatable bonds is 8. The summed E-state index contributed by atoms with van der Waals surface area (Å²) in [6.45, 7) is 2.05. The first-order valence-electron chi connectivity index (χ1n) is 8.82. The second-order valence-electron chi connectivity index (χ2n) is 5.89. The lowest BCUT2D eigenvalue weighted by molar-refractivity contribution is -0.123. The third-order valence-electron chi connectivity index (χ3n) is 3.78. The Morgan fingerprint density at radius 3 is 2.30 bits per heavy atom. The largest absolute Gasteiger partial charge is 0.497 e. The maximum Gasteiger partial charge on any atom is 0.276 e. The molecule has 2 rings (SSSR count). The number of aryl methyl sites for hydroxylation is 1. The van der Waals surface area contributed by atoms with Gasteiger partial charge in [-0.15, -0.1) is 0 Å². The van der Waals surface area contributed by atoms with E-state index in [0.29, 0.717) is 10.9 Å². The lowest BCUT2D eigenvalue weighted by Crippen LogP contribution is -2.45. The minimum atomic E-state index is -0.343. The molecule has 2 aromatic rings. The Hall–Kier alpha value is -2.80. The number of hydrogen-bond acceptors (Lipinski definition) is 4. The van der Waals surface area contributed by atoms with Crippen LogP contribution in [-0.4, -0.2) is 24.7 Å². The van der Waals surface area contributed by atoms with Crippen LogP contribution in [-0.2, 0) is 11.2 Å². The van der Waals surface area contributed by atoms with Crippen LogP contribution in [0.2, 0.25) is 0 Å². The van der Waals surface area contributed by atoms with Crippen LogP contribution in [0.25, 0.3) is 0 Å². The second-order valence-corrected chi connectivity index (χ2v) is 6.30. The fraction of sp³-hybridized carbons (Fsp3) is 0.300. The minimum Gasteiger partial charge on any atom is -0.497 e. The van der Waals surface area contributed by atoms with E-state index in [0.717, 1.165) is 17.9 Å². The van der Waals surface area contributed by atoms with Crippen molar-refractivity contribution in [1.82, 2.24) is 10.9 Å². The van der Waals surface area contributed by atoms with Crippen molar-refractivity contribution in [3.63, 3.8) is 0 Å². The molecule has 1 amide bonds. The SMILES string of the molecule is CCCCc1ccc(NC(=S)NNC(=O)COc2ccc(OC)cc2)cc1. The normalized spacial score (nSPS) is 10.0. The van der Waals surface area contributed by atoms with E-state index < -0.39 is 0 Å². The van der Waals surface area contributed by atoms with Gasteiger partial charge in [0.15, 0.2) is 11.7 Å². The molecule has 0 bridgehead atoms. The Balaban J connectivity index is 1.68. The first-order valence-corrected chi connectivity index (χ1v) is 9.23. The number of hydrogen-bond donors (Lipinski definition) is 3. The number of hydrazine groups is 1. The number of nitrogens with one attached hydrogen (secondary N) is 3. The van der Waals surface area contributed by atoms with Crippen molar-refractivity contribution in [2.45, 2.75) is 26.2 Å². The van der Waals surface area contributed by atoms with Gasteiger partial charge in [0.2, 0.25) is 0 Å². The zero-order chi connectivity index (χ0) is 19.5. The van der Waals surface area contributed by atoms with Crippen LogP contribution in [0.5, 0.6) is 11.5 Å². The highest BCUT2D eigenvalue weighted by Crippen LogP contribution is 2.16. The molecule has 0 saturated heterocycles. The number of carbonyl (C=O) groups is 1. The van der Waals surface area contributed by atoms with Gasteiger partial charge in [-0.05, 0) is 67.0 Å². The van der Waals surface area contributed by atoms with Crippen LogP contribution in [0.3, 0.4) is 0 Å². The van der Waals surface area contributed by atoms with E-state index in [-0.39, 0.29) is 12.5 Å². The van der Waals surface area contributed by atoms with Crippen molar-refractivity contribution in [2.75, 3.05) is 19.0 Å². The predicted molar refractivity (Wildman–Crippen MR) is 111 cm³/mol. The number of methoxy groups -OCH3 is 1. The topological polar surface area (TPSA) is 71.6 Å². The van der Waals surface area contributed by atoms with E-state index in [2.05, 4.69) is 35.2 Å². The van der Waals surface area contributed by atoms with E-state index in [1.54, 1.807) is 31.4 Å². The number of amides is 1. The average molecular weight is 388 g/mol. The minimum absolute atomic E-state index is 0.131. The van der Waals surface area contributed by atoms with Crippen molar-refractivity contribution in [3.8, 4) is 11.5 Å². The molecule has 0 fully saturated rings. The molecule has 0 saturated carbocycles. The van der Waals surface area contributed by atoms with Gasteiger partial charge in [0.25, 0.3) is 5.91 Å². The van der Waals surface area contributed by atoms with E-state index >= 15 is 0 Å². The summed E-state index contributed by atoms with van der Waals surface area (Å²) in [5.41, 5.74) is 7.30. The summed E-state index contributed by atoms with van der Waals surface area (Å²) in [7, 11) is 1.59. The molecule has 0 aliphatic carbocycles. The Labute approximate surface area is 165 Å². The number of ether oxygens (including phenoxy) is 2. The second kappa shape index (κ2) is 11.0. The van der Waals surface area contributed by atoms with E-state index in [4.69, 9.17) is 21.7 Å². The molecule has 0 radical (unpaired) electrons. The highest BCUT2D eigenvalue weighted by molar-refractivity contribution is 7.80. The fourth-order valence-electron chi connectivity index (χ4n) is 2.28. The Morgan fingerprint density at radius 1 is 1.00 bits per heavy atom. The smallest absolute Gasteiger partial charge is 0.276 e. The van der Waals surface area contributed by atoms with Crippen LogP contribution >= 0.6 is 12.2 Å². The molecule has 27 heavy (non-hydrogen) atoms. The van der Waals surface area contributed by atoms with Crippen molar-refractivity contribution in [2.24, 2.45) is 0 Å². The monoisotopic (exact) mass is 387 g/mol. The van der Waals surface area contributed by atoms with Gasteiger partial charge in [0.1, 0.15) is 11.5 Å². The Bertz CT molecular complexity index is 733. The summed E-state index contributed by atoms with van der Waals surface area (Å²) >= 11 is 5.17. The summed E-state index contributed by atoms with van der Waals surface area (Å²) in [6.07, 6.45) is 3.43. The average Bonchev–Trinajstić information content (AvgIpc) is 2.70. The first-order chi connectivity index (χ1) is 13.1. The number of unbranched alkanes of at least 4 members (excludes halogenated alkanes) is 1. The van der Waals surface area contributed by atoms with Crippen molar-refractivity contribution >= 4 is 28.9 Å². The summed E-state index contributed by atoms with van der Waals surface area (Å²) < 4.78 is 10.5. The van der Waals surface area contributed by atoms with Crippen molar-refractivity contribution in [3.05, 3.63) is 54.1 Å². The zero-order valence-corrected chi connectivity index (χ0v) is 16.4. The van der Waals surface area contributed by atoms with Gasteiger partial charge < -0.3 is 14.8 Å². The van der Waals surface area contributed by atoms with E-state index in [1.165, 1.54) is 18.4 Å². The van der Waals surface area contributed by atoms with E-state index in [9.17, 15) is 4.79 Å². The zero-order valence-electron chi connectivity index (χ0n) is 15.6. The third-order valence-corrected chi connectivity index (χ3v) is 3.98. The highest BCUT2D eigenvalue weighted by atomic mass is 32.1. The number of carbonyl (C=O) groups excluding carboxylic acids is 1. The first kappa shape index (κ1) is 20.5. The number of benzene rings is 2. The third kappa shape index (κ3) is 7.53. The molecule has 0 aliphatic rings. The van der Waals surface area contributed by atoms with Crippen LogP contribution in [0.1, 0.15) is 25.3 Å². The molecular formula is C20H25N3O3S. The van der Waals surface area contributed by atoms with E-state index in [1.807, 2.05) is 12.1 Å². The molecule has 0 heterocycles. The molecule has 0 aliphatic heterocycles. The Morgan fingerprint density at radius 2 is 1.67 bits per heavy atom. The maximum absolute atomic E-state index is 11.8. The molecular weight excluding hydrogens is 362 g/mol. The molecule has 0 unspecified atom stereocenters. The lowest BCUT2D eigenvalue weighted by atomic mass is 10.1. The molecule has 144 valence electrons. The molecule has 6 nitrogen and oxygen atoms in total. The van der Waals surface area contributed by atoms with Gasteiger partial charge in [-0.1, -0.05) is 25.5 Å². The van der Waals surface area contributed by atoms with Gasteiger partial charge in [-0.2, -0.15) is 0 Å². The molecule has 0 atom stereocenters. The summed E-state index contributed by atoms with van der Waals surface area (Å²) in [6, 6.07) is 15.1. The fourth-order valence-corrected chi connectivity index (χ4v) is 2.45. The molecule has 2 aromatic carbocycles. The van der Waals surface area contributed by atoms with Crippen LogP contribution in [0.4, 0.5) is 5.69 Å². The Kier molecular flexibility index (Phi) is 8.38. The van der Waals surface area contributed by atoms with Gasteiger partial charge in [0, 0.05) is 5.69 Å². The molecule has 3 N–H and O–H groups in total.